The molecule has 13 heavy (non-hydrogen) atoms. The predicted octanol–water partition coefficient (Wildman–Crippen LogP) is -2.89. The Morgan fingerprint density at radius 3 is 1.46 bits per heavy atom. The number of nitrogens with zero attached hydrogens (tertiary/aromatic N) is 1. The van der Waals surface area contributed by atoms with Crippen LogP contribution in [0, 0.1) is 0 Å². The van der Waals surface area contributed by atoms with Crippen LogP contribution in [0.3, 0.4) is 0 Å². The molecule has 0 aliphatic carbocycles. The molecule has 68 valence electrons. The second-order valence-electron chi connectivity index (χ2n) is 1.92. The molecule has 0 radical (unpaired) electrons. The number of aliphatic carboxylic acids is 2. The van der Waals surface area contributed by atoms with E-state index in [1.54, 1.807) is 0 Å². The van der Waals surface area contributed by atoms with E-state index in [4.69, 9.17) is 15.3 Å². The molecule has 3 N–H and O–H groups in total. The molecule has 0 aromatic rings. The third kappa shape index (κ3) is 12.9. The van der Waals surface area contributed by atoms with E-state index in [1.807, 2.05) is 0 Å². The molecule has 0 aromatic carbocycles. The first-order valence-corrected chi connectivity index (χ1v) is 2.83. The van der Waals surface area contributed by atoms with Gasteiger partial charge in [-0.3, -0.25) is 14.5 Å². The van der Waals surface area contributed by atoms with E-state index in [-0.39, 0.29) is 59.1 Å². The second kappa shape index (κ2) is 10.9. The Labute approximate surface area is 119 Å². The fourth-order valence-corrected chi connectivity index (χ4v) is 0.538. The Morgan fingerprint density at radius 2 is 1.31 bits per heavy atom. The third-order valence-corrected chi connectivity index (χ3v) is 0.918. The zero-order chi connectivity index (χ0) is 8.85. The minimum atomic E-state index is -1.17. The van der Waals surface area contributed by atoms with Crippen molar-refractivity contribution in [2.24, 2.45) is 0 Å². The number of hydrogen-bond acceptors (Lipinski definition) is 4. The van der Waals surface area contributed by atoms with Crippen molar-refractivity contribution in [3.8, 4) is 0 Å². The number of rotatable bonds is 5. The summed E-state index contributed by atoms with van der Waals surface area (Å²) >= 11 is 0. The van der Waals surface area contributed by atoms with Crippen LogP contribution in [0.5, 0.6) is 0 Å². The molecule has 0 saturated heterocycles. The van der Waals surface area contributed by atoms with Crippen molar-refractivity contribution < 1.29 is 24.9 Å². The fraction of sp³-hybridized carbons (Fsp3) is 0.600. The van der Waals surface area contributed by atoms with Gasteiger partial charge in [-0.05, 0) is 0 Å². The van der Waals surface area contributed by atoms with Crippen molar-refractivity contribution in [2.45, 2.75) is 0 Å². The number of hydrogen-bond donors (Lipinski definition) is 3. The summed E-state index contributed by atoms with van der Waals surface area (Å²) in [6.45, 7) is -1.51. The van der Waals surface area contributed by atoms with Crippen LogP contribution < -0.4 is 0 Å². The number of aliphatic hydroxyl groups excluding tert-OH is 1. The van der Waals surface area contributed by atoms with Crippen LogP contribution >= 0.6 is 0 Å². The molecule has 0 rings (SSSR count). The first kappa shape index (κ1) is 19.4. The molecule has 0 aliphatic heterocycles. The van der Waals surface area contributed by atoms with Crippen LogP contribution in [0.4, 0.5) is 0 Å². The second-order valence-corrected chi connectivity index (χ2v) is 1.92. The van der Waals surface area contributed by atoms with Gasteiger partial charge in [0.15, 0.2) is 0 Å². The van der Waals surface area contributed by atoms with Gasteiger partial charge in [-0.25, -0.2) is 0 Å². The van der Waals surface area contributed by atoms with E-state index in [0.717, 1.165) is 4.90 Å². The summed E-state index contributed by atoms with van der Waals surface area (Å²) in [4.78, 5) is 20.9. The summed E-state index contributed by atoms with van der Waals surface area (Å²) < 4.78 is 0. The van der Waals surface area contributed by atoms with Gasteiger partial charge in [-0.1, -0.05) is 0 Å². The molecule has 0 heterocycles. The van der Waals surface area contributed by atoms with Crippen molar-refractivity contribution in [3.63, 3.8) is 0 Å². The van der Waals surface area contributed by atoms with Gasteiger partial charge >= 0.3 is 71.1 Å². The Bertz CT molecular complexity index is 149. The van der Waals surface area contributed by atoms with Crippen molar-refractivity contribution in [1.29, 1.82) is 0 Å². The summed E-state index contributed by atoms with van der Waals surface area (Å²) in [6.07, 6.45) is 0. The zero-order valence-electron chi connectivity index (χ0n) is 5.73. The standard InChI is InChI=1S/C5H9NO5.2Na.2H/c7-3-6(1-4(8)9)2-5(10)11;;;;/h7H,1-3H2,(H,8,9)(H,10,11);;;;. The van der Waals surface area contributed by atoms with Crippen molar-refractivity contribution in [3.05, 3.63) is 0 Å². The maximum atomic E-state index is 10.0. The predicted molar refractivity (Wildman–Crippen MR) is 48.2 cm³/mol. The SMILES string of the molecule is O=C(O)CN(CO)CC(=O)O.[NaH].[NaH]. The molecule has 0 spiro atoms. The molecule has 6 nitrogen and oxygen atoms in total. The summed E-state index contributed by atoms with van der Waals surface area (Å²) in [6, 6.07) is 0. The summed E-state index contributed by atoms with van der Waals surface area (Å²) in [7, 11) is 0. The van der Waals surface area contributed by atoms with Gasteiger partial charge in [0.2, 0.25) is 0 Å². The van der Waals surface area contributed by atoms with E-state index >= 15 is 0 Å². The number of carboxylic acids is 2. The van der Waals surface area contributed by atoms with E-state index in [0.29, 0.717) is 0 Å². The van der Waals surface area contributed by atoms with Crippen molar-refractivity contribution in [1.82, 2.24) is 4.90 Å². The van der Waals surface area contributed by atoms with Crippen LogP contribution in [0.15, 0.2) is 0 Å². The number of carbonyl (C=O) groups is 2. The van der Waals surface area contributed by atoms with Gasteiger partial charge in [-0.2, -0.15) is 0 Å². The molecule has 8 heteroatoms. The van der Waals surface area contributed by atoms with Crippen LogP contribution in [0.1, 0.15) is 0 Å². The first-order chi connectivity index (χ1) is 5.06. The molecule has 0 saturated carbocycles. The fourth-order valence-electron chi connectivity index (χ4n) is 0.538. The molecular weight excluding hydrogens is 200 g/mol. The van der Waals surface area contributed by atoms with Crippen LogP contribution in [-0.2, 0) is 9.59 Å². The van der Waals surface area contributed by atoms with Gasteiger partial charge < -0.3 is 15.3 Å². The monoisotopic (exact) mass is 211 g/mol. The van der Waals surface area contributed by atoms with Gasteiger partial charge in [0, 0.05) is 0 Å². The Hall–Kier alpha value is 0.860. The van der Waals surface area contributed by atoms with Crippen LogP contribution in [-0.4, -0.2) is 111 Å². The quantitative estimate of drug-likeness (QED) is 0.333. The zero-order valence-corrected chi connectivity index (χ0v) is 5.73. The van der Waals surface area contributed by atoms with E-state index in [2.05, 4.69) is 0 Å². The van der Waals surface area contributed by atoms with Gasteiger partial charge in [-0.15, -0.1) is 0 Å². The van der Waals surface area contributed by atoms with Crippen LogP contribution in [0.25, 0.3) is 0 Å². The van der Waals surface area contributed by atoms with E-state index in [1.165, 1.54) is 0 Å². The Balaban J connectivity index is -0.000000500. The normalized spacial score (nSPS) is 8.46. The molecule has 0 aliphatic rings. The molecular formula is C5H11NNa2O5. The van der Waals surface area contributed by atoms with E-state index < -0.39 is 31.8 Å². The van der Waals surface area contributed by atoms with Gasteiger partial charge in [0.25, 0.3) is 0 Å². The maximum absolute atomic E-state index is 10.0. The Kier molecular flexibility index (Phi) is 16.4. The first-order valence-electron chi connectivity index (χ1n) is 2.83. The Morgan fingerprint density at radius 1 is 1.00 bits per heavy atom. The van der Waals surface area contributed by atoms with Crippen LogP contribution in [0.2, 0.25) is 0 Å². The average Bonchev–Trinajstić information content (AvgIpc) is 1.84. The molecule has 0 atom stereocenters. The topological polar surface area (TPSA) is 98.1 Å². The summed E-state index contributed by atoms with van der Waals surface area (Å²) in [5.74, 6) is -2.33. The summed E-state index contributed by atoms with van der Waals surface area (Å²) in [5.41, 5.74) is 0. The number of aliphatic hydroxyl groups is 1. The molecule has 0 unspecified atom stereocenters. The molecule has 0 fully saturated rings. The van der Waals surface area contributed by atoms with E-state index in [9.17, 15) is 9.59 Å². The summed E-state index contributed by atoms with van der Waals surface area (Å²) in [5, 5.41) is 24.8. The van der Waals surface area contributed by atoms with Crippen molar-refractivity contribution in [2.75, 3.05) is 19.8 Å². The minimum absolute atomic E-state index is 0. The third-order valence-electron chi connectivity index (χ3n) is 0.918. The van der Waals surface area contributed by atoms with Crippen molar-refractivity contribution >= 4 is 71.1 Å². The molecule has 0 amide bonds. The van der Waals surface area contributed by atoms with Gasteiger partial charge in [0.1, 0.15) is 0 Å². The number of carboxylic acid groups (broad SMARTS) is 2. The molecule has 0 aromatic heterocycles. The average molecular weight is 211 g/mol. The molecule has 0 bridgehead atoms. The van der Waals surface area contributed by atoms with Gasteiger partial charge in [0.05, 0.1) is 19.8 Å².